The first-order valence-electron chi connectivity index (χ1n) is 6.87. The van der Waals surface area contributed by atoms with Crippen LogP contribution in [0.4, 0.5) is 19.0 Å². The molecule has 2 atom stereocenters. The summed E-state index contributed by atoms with van der Waals surface area (Å²) in [6.07, 6.45) is 1.09. The summed E-state index contributed by atoms with van der Waals surface area (Å²) in [4.78, 5) is 3.96. The van der Waals surface area contributed by atoms with E-state index in [-0.39, 0.29) is 17.0 Å². The number of rotatable bonds is 2. The monoisotopic (exact) mass is 306 g/mol. The number of pyridine rings is 1. The summed E-state index contributed by atoms with van der Waals surface area (Å²) in [5.74, 6) is 0.635. The molecular formula is C14H18ClF3N2. The second-order valence-corrected chi connectivity index (χ2v) is 5.81. The Bertz CT molecular complexity index is 462. The number of hydrogen-bond donors (Lipinski definition) is 1. The average molecular weight is 307 g/mol. The molecule has 2 rings (SSSR count). The molecule has 2 unspecified atom stereocenters. The molecule has 0 aliphatic heterocycles. The molecular weight excluding hydrogens is 289 g/mol. The fourth-order valence-electron chi connectivity index (χ4n) is 2.63. The molecule has 1 saturated carbocycles. The quantitative estimate of drug-likeness (QED) is 0.605. The third-order valence-corrected chi connectivity index (χ3v) is 4.01. The van der Waals surface area contributed by atoms with Gasteiger partial charge in [-0.2, -0.15) is 13.2 Å². The van der Waals surface area contributed by atoms with Crippen LogP contribution in [0.15, 0.2) is 12.1 Å². The minimum absolute atomic E-state index is 0.136. The largest absolute Gasteiger partial charge is 0.416 e. The molecule has 20 heavy (non-hydrogen) atoms. The van der Waals surface area contributed by atoms with E-state index >= 15 is 0 Å². The van der Waals surface area contributed by atoms with E-state index in [1.807, 2.05) is 0 Å². The van der Waals surface area contributed by atoms with Crippen LogP contribution in [-0.4, -0.2) is 11.0 Å². The molecule has 1 aliphatic rings. The standard InChI is InChI=1S/C14H18ClF3N2/c1-9-5-3-2-4-6-11(9)19-13-8-10(14(16,17)18)7-12(15)20-13/h7-9,11H,2-6H2,1H3,(H,19,20). The Morgan fingerprint density at radius 1 is 1.20 bits per heavy atom. The predicted octanol–water partition coefficient (Wildman–Crippen LogP) is 5.13. The Balaban J connectivity index is 2.18. The lowest BCUT2D eigenvalue weighted by Crippen LogP contribution is -2.27. The maximum atomic E-state index is 12.8. The lowest BCUT2D eigenvalue weighted by Gasteiger charge is -2.23. The lowest BCUT2D eigenvalue weighted by molar-refractivity contribution is -0.137. The third kappa shape index (κ3) is 4.01. The van der Waals surface area contributed by atoms with Crippen molar-refractivity contribution >= 4 is 17.4 Å². The molecule has 1 aromatic heterocycles. The highest BCUT2D eigenvalue weighted by molar-refractivity contribution is 6.29. The highest BCUT2D eigenvalue weighted by Gasteiger charge is 2.32. The molecule has 0 radical (unpaired) electrons. The zero-order chi connectivity index (χ0) is 14.8. The zero-order valence-electron chi connectivity index (χ0n) is 11.3. The van der Waals surface area contributed by atoms with Gasteiger partial charge in [0.1, 0.15) is 11.0 Å². The zero-order valence-corrected chi connectivity index (χ0v) is 12.1. The summed E-state index contributed by atoms with van der Waals surface area (Å²) >= 11 is 5.69. The summed E-state index contributed by atoms with van der Waals surface area (Å²) < 4.78 is 38.3. The van der Waals surface area contributed by atoms with Gasteiger partial charge < -0.3 is 5.32 Å². The van der Waals surface area contributed by atoms with E-state index in [4.69, 9.17) is 11.6 Å². The minimum atomic E-state index is -4.40. The van der Waals surface area contributed by atoms with Crippen molar-refractivity contribution in [2.45, 2.75) is 51.2 Å². The first-order chi connectivity index (χ1) is 9.36. The van der Waals surface area contributed by atoms with Crippen LogP contribution in [-0.2, 0) is 6.18 Å². The summed E-state index contributed by atoms with van der Waals surface area (Å²) in [5.41, 5.74) is -0.763. The summed E-state index contributed by atoms with van der Waals surface area (Å²) in [6.45, 7) is 2.12. The third-order valence-electron chi connectivity index (χ3n) is 3.82. The fraction of sp³-hybridized carbons (Fsp3) is 0.643. The number of aromatic nitrogens is 1. The Labute approximate surface area is 121 Å². The Hall–Kier alpha value is -0.970. The summed E-state index contributed by atoms with van der Waals surface area (Å²) in [6, 6.07) is 2.04. The number of hydrogen-bond acceptors (Lipinski definition) is 2. The van der Waals surface area contributed by atoms with Crippen LogP contribution in [0.5, 0.6) is 0 Å². The first kappa shape index (κ1) is 15.4. The SMILES string of the molecule is CC1CCCCCC1Nc1cc(C(F)(F)F)cc(Cl)n1. The Morgan fingerprint density at radius 3 is 2.60 bits per heavy atom. The minimum Gasteiger partial charge on any atom is -0.367 e. The van der Waals surface area contributed by atoms with Gasteiger partial charge in [-0.1, -0.05) is 37.8 Å². The smallest absolute Gasteiger partial charge is 0.367 e. The lowest BCUT2D eigenvalue weighted by atomic mass is 9.97. The van der Waals surface area contributed by atoms with Gasteiger partial charge in [-0.3, -0.25) is 0 Å². The second-order valence-electron chi connectivity index (χ2n) is 5.43. The molecule has 1 aliphatic carbocycles. The maximum Gasteiger partial charge on any atom is 0.416 e. The highest BCUT2D eigenvalue weighted by atomic mass is 35.5. The van der Waals surface area contributed by atoms with E-state index in [2.05, 4.69) is 17.2 Å². The number of nitrogens with one attached hydrogen (secondary N) is 1. The predicted molar refractivity (Wildman–Crippen MR) is 73.9 cm³/mol. The molecule has 1 N–H and O–H groups in total. The van der Waals surface area contributed by atoms with Gasteiger partial charge in [0.25, 0.3) is 0 Å². The van der Waals surface area contributed by atoms with Gasteiger partial charge in [0, 0.05) is 6.04 Å². The number of nitrogens with zero attached hydrogens (tertiary/aromatic N) is 1. The van der Waals surface area contributed by atoms with Gasteiger partial charge in [-0.25, -0.2) is 4.98 Å². The van der Waals surface area contributed by atoms with Crippen LogP contribution in [0, 0.1) is 5.92 Å². The van der Waals surface area contributed by atoms with E-state index in [9.17, 15) is 13.2 Å². The fourth-order valence-corrected chi connectivity index (χ4v) is 2.84. The molecule has 0 saturated heterocycles. The molecule has 1 fully saturated rings. The van der Waals surface area contributed by atoms with Gasteiger partial charge in [0.15, 0.2) is 0 Å². The van der Waals surface area contributed by atoms with Crippen molar-refractivity contribution in [3.63, 3.8) is 0 Å². The molecule has 112 valence electrons. The van der Waals surface area contributed by atoms with Crippen LogP contribution in [0.3, 0.4) is 0 Å². The maximum absolute atomic E-state index is 12.8. The van der Waals surface area contributed by atoms with Crippen molar-refractivity contribution in [2.24, 2.45) is 5.92 Å². The second kappa shape index (κ2) is 6.20. The molecule has 1 heterocycles. The number of halogens is 4. The molecule has 2 nitrogen and oxygen atoms in total. The van der Waals surface area contributed by atoms with E-state index in [0.717, 1.165) is 31.4 Å². The van der Waals surface area contributed by atoms with Crippen molar-refractivity contribution in [2.75, 3.05) is 5.32 Å². The van der Waals surface area contributed by atoms with Gasteiger partial charge >= 0.3 is 6.18 Å². The van der Waals surface area contributed by atoms with Gasteiger partial charge in [0.2, 0.25) is 0 Å². The first-order valence-corrected chi connectivity index (χ1v) is 7.25. The van der Waals surface area contributed by atoms with Gasteiger partial charge in [-0.15, -0.1) is 0 Å². The summed E-state index contributed by atoms with van der Waals surface area (Å²) in [5, 5.41) is 2.99. The molecule has 0 aromatic carbocycles. The van der Waals surface area contributed by atoms with E-state index in [1.54, 1.807) is 0 Å². The van der Waals surface area contributed by atoms with Crippen LogP contribution >= 0.6 is 11.6 Å². The van der Waals surface area contributed by atoms with Crippen molar-refractivity contribution in [3.8, 4) is 0 Å². The number of anilines is 1. The summed E-state index contributed by atoms with van der Waals surface area (Å²) in [7, 11) is 0. The van der Waals surface area contributed by atoms with Crippen LogP contribution < -0.4 is 5.32 Å². The Kier molecular flexibility index (Phi) is 4.78. The molecule has 0 spiro atoms. The molecule has 1 aromatic rings. The highest BCUT2D eigenvalue weighted by Crippen LogP contribution is 2.33. The van der Waals surface area contributed by atoms with Crippen LogP contribution in [0.1, 0.15) is 44.6 Å². The molecule has 6 heteroatoms. The topological polar surface area (TPSA) is 24.9 Å². The van der Waals surface area contributed by atoms with Crippen molar-refractivity contribution in [3.05, 3.63) is 22.8 Å². The van der Waals surface area contributed by atoms with Crippen molar-refractivity contribution < 1.29 is 13.2 Å². The molecule has 0 bridgehead atoms. The van der Waals surface area contributed by atoms with Crippen LogP contribution in [0.25, 0.3) is 0 Å². The average Bonchev–Trinajstić information content (AvgIpc) is 2.53. The van der Waals surface area contributed by atoms with Gasteiger partial charge in [-0.05, 0) is 30.9 Å². The Morgan fingerprint density at radius 2 is 1.90 bits per heavy atom. The number of alkyl halides is 3. The van der Waals surface area contributed by atoms with E-state index in [1.165, 1.54) is 12.8 Å². The van der Waals surface area contributed by atoms with E-state index in [0.29, 0.717) is 5.92 Å². The van der Waals surface area contributed by atoms with Crippen molar-refractivity contribution in [1.29, 1.82) is 0 Å². The van der Waals surface area contributed by atoms with Crippen molar-refractivity contribution in [1.82, 2.24) is 4.98 Å². The molecule has 0 amide bonds. The van der Waals surface area contributed by atoms with Crippen LogP contribution in [0.2, 0.25) is 5.15 Å². The normalized spacial score (nSPS) is 24.2. The van der Waals surface area contributed by atoms with E-state index < -0.39 is 11.7 Å². The van der Waals surface area contributed by atoms with Gasteiger partial charge in [0.05, 0.1) is 5.56 Å².